The number of aromatic nitrogens is 1. The predicted molar refractivity (Wildman–Crippen MR) is 64.5 cm³/mol. The highest BCUT2D eigenvalue weighted by Gasteiger charge is 2.22. The number of aromatic amines is 1. The number of hydrogen-bond acceptors (Lipinski definition) is 5. The topological polar surface area (TPSA) is 68.4 Å². The second-order valence-electron chi connectivity index (χ2n) is 3.05. The molecule has 0 fully saturated rings. The van der Waals surface area contributed by atoms with Crippen molar-refractivity contribution in [2.45, 2.75) is 18.7 Å². The molecule has 5 nitrogen and oxygen atoms in total. The molecule has 0 radical (unpaired) electrons. The Balaban J connectivity index is 3.02. The van der Waals surface area contributed by atoms with Crippen LogP contribution in [0.15, 0.2) is 11.1 Å². The van der Waals surface area contributed by atoms with E-state index in [0.29, 0.717) is 29.4 Å². The molecular formula is C11H15NO4S. The summed E-state index contributed by atoms with van der Waals surface area (Å²) < 4.78 is 9.79. The van der Waals surface area contributed by atoms with Gasteiger partial charge in [0.2, 0.25) is 0 Å². The van der Waals surface area contributed by atoms with Gasteiger partial charge in [-0.25, -0.2) is 9.59 Å². The van der Waals surface area contributed by atoms with Crippen molar-refractivity contribution in [2.75, 3.05) is 19.5 Å². The fourth-order valence-electron chi connectivity index (χ4n) is 1.34. The van der Waals surface area contributed by atoms with E-state index in [2.05, 4.69) is 4.98 Å². The van der Waals surface area contributed by atoms with Crippen LogP contribution in [0.2, 0.25) is 0 Å². The molecular weight excluding hydrogens is 242 g/mol. The van der Waals surface area contributed by atoms with Gasteiger partial charge in [-0.2, -0.15) is 0 Å². The van der Waals surface area contributed by atoms with Crippen LogP contribution in [-0.2, 0) is 9.47 Å². The number of hydrogen-bond donors (Lipinski definition) is 1. The molecule has 0 atom stereocenters. The number of esters is 2. The fraction of sp³-hybridized carbons (Fsp3) is 0.455. The molecule has 0 aliphatic rings. The molecule has 0 unspecified atom stereocenters. The average molecular weight is 257 g/mol. The molecule has 17 heavy (non-hydrogen) atoms. The molecule has 1 aromatic heterocycles. The van der Waals surface area contributed by atoms with Crippen molar-refractivity contribution in [2.24, 2.45) is 0 Å². The van der Waals surface area contributed by atoms with Gasteiger partial charge in [-0.1, -0.05) is 0 Å². The largest absolute Gasteiger partial charge is 0.462 e. The number of thioether (sulfide) groups is 1. The summed E-state index contributed by atoms with van der Waals surface area (Å²) in [6.45, 7) is 4.05. The number of H-pyrrole nitrogens is 1. The van der Waals surface area contributed by atoms with Crippen LogP contribution in [0.1, 0.15) is 34.7 Å². The molecule has 0 saturated carbocycles. The highest BCUT2D eigenvalue weighted by atomic mass is 32.2. The van der Waals surface area contributed by atoms with Crippen LogP contribution < -0.4 is 0 Å². The second-order valence-corrected chi connectivity index (χ2v) is 3.87. The van der Waals surface area contributed by atoms with Gasteiger partial charge in [0.1, 0.15) is 5.69 Å². The average Bonchev–Trinajstić information content (AvgIpc) is 2.73. The van der Waals surface area contributed by atoms with Crippen molar-refractivity contribution in [3.8, 4) is 0 Å². The summed E-state index contributed by atoms with van der Waals surface area (Å²) in [4.78, 5) is 26.5. The lowest BCUT2D eigenvalue weighted by atomic mass is 10.3. The lowest BCUT2D eigenvalue weighted by Gasteiger charge is -2.04. The van der Waals surface area contributed by atoms with Crippen molar-refractivity contribution in [1.82, 2.24) is 4.98 Å². The van der Waals surface area contributed by atoms with Gasteiger partial charge in [0.15, 0.2) is 0 Å². The zero-order valence-electron chi connectivity index (χ0n) is 10.0. The third-order valence-electron chi connectivity index (χ3n) is 2.01. The maximum atomic E-state index is 11.6. The number of ether oxygens (including phenoxy) is 2. The Kier molecular flexibility index (Phi) is 5.09. The first-order valence-electron chi connectivity index (χ1n) is 5.25. The Morgan fingerprint density at radius 3 is 2.35 bits per heavy atom. The first-order chi connectivity index (χ1) is 8.15. The standard InChI is InChI=1S/C11H15NO4S/c1-4-15-10(13)7-6-12-8(9(7)17-3)11(14)16-5-2/h6,12H,4-5H2,1-3H3. The van der Waals surface area contributed by atoms with Gasteiger partial charge < -0.3 is 14.5 Å². The molecule has 1 N–H and O–H groups in total. The Hall–Kier alpha value is -1.43. The zero-order chi connectivity index (χ0) is 12.8. The van der Waals surface area contributed by atoms with Gasteiger partial charge in [-0.05, 0) is 20.1 Å². The Bertz CT molecular complexity index is 378. The first kappa shape index (κ1) is 13.6. The number of carbonyl (C=O) groups excluding carboxylic acids is 2. The van der Waals surface area contributed by atoms with E-state index in [1.54, 1.807) is 20.1 Å². The molecule has 1 rings (SSSR count). The lowest BCUT2D eigenvalue weighted by Crippen LogP contribution is -2.08. The highest BCUT2D eigenvalue weighted by molar-refractivity contribution is 7.98. The molecule has 0 aliphatic carbocycles. The summed E-state index contributed by atoms with van der Waals surface area (Å²) in [6.07, 6.45) is 3.25. The molecule has 0 aromatic carbocycles. The SMILES string of the molecule is CCOC(=O)c1c[nH]c(C(=O)OCC)c1SC. The van der Waals surface area contributed by atoms with Crippen molar-refractivity contribution in [3.05, 3.63) is 17.5 Å². The van der Waals surface area contributed by atoms with Gasteiger partial charge in [0, 0.05) is 6.20 Å². The van der Waals surface area contributed by atoms with Crippen molar-refractivity contribution >= 4 is 23.7 Å². The Morgan fingerprint density at radius 2 is 1.82 bits per heavy atom. The van der Waals surface area contributed by atoms with Crippen LogP contribution in [0, 0.1) is 0 Å². The van der Waals surface area contributed by atoms with Crippen LogP contribution in [-0.4, -0.2) is 36.4 Å². The van der Waals surface area contributed by atoms with E-state index >= 15 is 0 Å². The van der Waals surface area contributed by atoms with E-state index in [-0.39, 0.29) is 0 Å². The molecule has 0 spiro atoms. The quantitative estimate of drug-likeness (QED) is 0.646. The Labute approximate surface area is 104 Å². The van der Waals surface area contributed by atoms with E-state index in [1.165, 1.54) is 18.0 Å². The first-order valence-corrected chi connectivity index (χ1v) is 6.47. The maximum Gasteiger partial charge on any atom is 0.355 e. The zero-order valence-corrected chi connectivity index (χ0v) is 10.8. The predicted octanol–water partition coefficient (Wildman–Crippen LogP) is 2.09. The Morgan fingerprint density at radius 1 is 1.24 bits per heavy atom. The highest BCUT2D eigenvalue weighted by Crippen LogP contribution is 2.26. The van der Waals surface area contributed by atoms with Crippen molar-refractivity contribution < 1.29 is 19.1 Å². The minimum atomic E-state index is -0.465. The summed E-state index contributed by atoms with van der Waals surface area (Å²) >= 11 is 1.30. The lowest BCUT2D eigenvalue weighted by molar-refractivity contribution is 0.0516. The smallest absolute Gasteiger partial charge is 0.355 e. The molecule has 0 amide bonds. The van der Waals surface area contributed by atoms with E-state index in [1.807, 2.05) is 0 Å². The monoisotopic (exact) mass is 257 g/mol. The summed E-state index contributed by atoms with van der Waals surface area (Å²) in [5.41, 5.74) is 0.657. The van der Waals surface area contributed by atoms with Crippen LogP contribution >= 0.6 is 11.8 Å². The molecule has 6 heteroatoms. The van der Waals surface area contributed by atoms with Crippen molar-refractivity contribution in [1.29, 1.82) is 0 Å². The van der Waals surface area contributed by atoms with E-state index in [0.717, 1.165) is 0 Å². The number of carbonyl (C=O) groups is 2. The molecule has 0 aliphatic heterocycles. The van der Waals surface area contributed by atoms with Gasteiger partial charge in [-0.3, -0.25) is 0 Å². The van der Waals surface area contributed by atoms with Crippen LogP contribution in [0.25, 0.3) is 0 Å². The van der Waals surface area contributed by atoms with E-state index in [4.69, 9.17) is 9.47 Å². The van der Waals surface area contributed by atoms with Crippen LogP contribution in [0.3, 0.4) is 0 Å². The third kappa shape index (κ3) is 3.03. The number of nitrogens with one attached hydrogen (secondary N) is 1. The summed E-state index contributed by atoms with van der Waals surface area (Å²) in [5, 5.41) is 0. The minimum absolute atomic E-state index is 0.292. The van der Waals surface area contributed by atoms with Crippen LogP contribution in [0.5, 0.6) is 0 Å². The van der Waals surface area contributed by atoms with Gasteiger partial charge >= 0.3 is 11.9 Å². The van der Waals surface area contributed by atoms with Gasteiger partial charge in [-0.15, -0.1) is 11.8 Å². The normalized spacial score (nSPS) is 10.1. The van der Waals surface area contributed by atoms with E-state index < -0.39 is 11.9 Å². The summed E-state index contributed by atoms with van der Waals surface area (Å²) in [7, 11) is 0. The maximum absolute atomic E-state index is 11.6. The molecule has 0 bridgehead atoms. The fourth-order valence-corrected chi connectivity index (χ4v) is 2.05. The van der Waals surface area contributed by atoms with Gasteiger partial charge in [0.05, 0.1) is 23.7 Å². The summed E-state index contributed by atoms with van der Waals surface area (Å²) in [5.74, 6) is -0.906. The molecule has 0 saturated heterocycles. The van der Waals surface area contributed by atoms with Crippen LogP contribution in [0.4, 0.5) is 0 Å². The molecule has 1 aromatic rings. The van der Waals surface area contributed by atoms with Gasteiger partial charge in [0.25, 0.3) is 0 Å². The minimum Gasteiger partial charge on any atom is -0.462 e. The third-order valence-corrected chi connectivity index (χ3v) is 2.84. The summed E-state index contributed by atoms with van der Waals surface area (Å²) in [6, 6.07) is 0. The van der Waals surface area contributed by atoms with Crippen molar-refractivity contribution in [3.63, 3.8) is 0 Å². The van der Waals surface area contributed by atoms with E-state index in [9.17, 15) is 9.59 Å². The molecule has 94 valence electrons. The number of rotatable bonds is 5. The second kappa shape index (κ2) is 6.34. The molecule has 1 heterocycles.